The lowest BCUT2D eigenvalue weighted by atomic mass is 9.79. The largest absolute Gasteiger partial charge is 0.375 e. The van der Waals surface area contributed by atoms with Crippen molar-refractivity contribution in [3.8, 4) is 0 Å². The maximum absolute atomic E-state index is 2.36. The van der Waals surface area contributed by atoms with E-state index in [1.807, 2.05) is 0 Å². The molecule has 3 aromatic carbocycles. The topological polar surface area (TPSA) is 3.24 Å². The zero-order chi connectivity index (χ0) is 16.7. The summed E-state index contributed by atoms with van der Waals surface area (Å²) in [6.45, 7) is 5.51. The van der Waals surface area contributed by atoms with Crippen molar-refractivity contribution in [2.75, 3.05) is 18.5 Å². The Labute approximate surface area is 143 Å². The van der Waals surface area contributed by atoms with E-state index in [4.69, 9.17) is 0 Å². The minimum absolute atomic E-state index is 0.0548. The van der Waals surface area contributed by atoms with Crippen LogP contribution < -0.4 is 4.90 Å². The summed E-state index contributed by atoms with van der Waals surface area (Å²) in [6, 6.07) is 17.8. The van der Waals surface area contributed by atoms with Gasteiger partial charge in [0.1, 0.15) is 0 Å². The number of benzene rings is 3. The van der Waals surface area contributed by atoms with Crippen molar-refractivity contribution in [3.05, 3.63) is 78.4 Å². The first-order valence-electron chi connectivity index (χ1n) is 8.66. The van der Waals surface area contributed by atoms with Crippen LogP contribution in [0.4, 0.5) is 5.69 Å². The second-order valence-corrected chi connectivity index (χ2v) is 6.90. The first kappa shape index (κ1) is 15.0. The molecule has 0 radical (unpaired) electrons. The van der Waals surface area contributed by atoms with Gasteiger partial charge in [0.2, 0.25) is 0 Å². The Bertz CT molecular complexity index is 966. The van der Waals surface area contributed by atoms with Gasteiger partial charge < -0.3 is 4.90 Å². The number of fused-ring (bicyclic) bond motifs is 2. The van der Waals surface area contributed by atoms with Crippen molar-refractivity contribution < 1.29 is 0 Å². The number of hydrogen-bond donors (Lipinski definition) is 0. The van der Waals surface area contributed by atoms with Gasteiger partial charge in [-0.15, -0.1) is 0 Å². The standard InChI is InChI=1S/C23H23N/c1-4-24(3)21-12-11-19-15-17-9-5-6-10-18(17)16-20(19)22(21)23(2)13-7-8-14-23/h5-16H,4H2,1-3H3. The average molecular weight is 313 g/mol. The molecule has 1 aliphatic rings. The summed E-state index contributed by atoms with van der Waals surface area (Å²) in [5.41, 5.74) is 2.67. The molecule has 0 saturated carbocycles. The quantitative estimate of drug-likeness (QED) is 0.550. The molecule has 0 N–H and O–H groups in total. The molecule has 120 valence electrons. The SMILES string of the molecule is CCN(C)c1ccc2cc3ccccc3cc2c1C1(C)C=CC=C1. The number of hydrogen-bond acceptors (Lipinski definition) is 1. The van der Waals surface area contributed by atoms with Crippen molar-refractivity contribution in [3.63, 3.8) is 0 Å². The molecule has 24 heavy (non-hydrogen) atoms. The van der Waals surface area contributed by atoms with Gasteiger partial charge in [-0.2, -0.15) is 0 Å². The number of rotatable bonds is 3. The third-order valence-electron chi connectivity index (χ3n) is 5.28. The number of nitrogens with zero attached hydrogens (tertiary/aromatic N) is 1. The molecule has 0 saturated heterocycles. The van der Waals surface area contributed by atoms with E-state index in [1.165, 1.54) is 32.8 Å². The fourth-order valence-corrected chi connectivity index (χ4v) is 3.79. The molecule has 0 heterocycles. The van der Waals surface area contributed by atoms with E-state index in [2.05, 4.69) is 98.6 Å². The molecule has 0 bridgehead atoms. The summed E-state index contributed by atoms with van der Waals surface area (Å²) >= 11 is 0. The Morgan fingerprint density at radius 3 is 2.21 bits per heavy atom. The highest BCUT2D eigenvalue weighted by atomic mass is 15.1. The molecule has 3 aromatic rings. The molecule has 4 rings (SSSR count). The highest BCUT2D eigenvalue weighted by molar-refractivity contribution is 6.02. The Kier molecular flexibility index (Phi) is 3.45. The van der Waals surface area contributed by atoms with Crippen molar-refractivity contribution in [1.82, 2.24) is 0 Å². The van der Waals surface area contributed by atoms with Crippen LogP contribution in [0.5, 0.6) is 0 Å². The predicted molar refractivity (Wildman–Crippen MR) is 106 cm³/mol. The lowest BCUT2D eigenvalue weighted by Crippen LogP contribution is -2.23. The Hall–Kier alpha value is -2.54. The van der Waals surface area contributed by atoms with Crippen LogP contribution in [0, 0.1) is 0 Å². The molecular formula is C23H23N. The molecule has 0 unspecified atom stereocenters. The second-order valence-electron chi connectivity index (χ2n) is 6.90. The zero-order valence-electron chi connectivity index (χ0n) is 14.6. The summed E-state index contributed by atoms with van der Waals surface area (Å²) in [6.07, 6.45) is 8.94. The Morgan fingerprint density at radius 1 is 0.875 bits per heavy atom. The van der Waals surface area contributed by atoms with E-state index in [0.717, 1.165) is 6.54 Å². The van der Waals surface area contributed by atoms with Crippen LogP contribution in [0.1, 0.15) is 19.4 Å². The summed E-state index contributed by atoms with van der Waals surface area (Å²) < 4.78 is 0. The average Bonchev–Trinajstić information content (AvgIpc) is 3.05. The zero-order valence-corrected chi connectivity index (χ0v) is 14.6. The molecule has 0 aromatic heterocycles. The minimum Gasteiger partial charge on any atom is -0.375 e. The van der Waals surface area contributed by atoms with Gasteiger partial charge in [-0.25, -0.2) is 0 Å². The van der Waals surface area contributed by atoms with Gasteiger partial charge >= 0.3 is 0 Å². The molecule has 0 fully saturated rings. The number of allylic oxidation sites excluding steroid dienone is 4. The molecule has 1 nitrogen and oxygen atoms in total. The smallest absolute Gasteiger partial charge is 0.0414 e. The van der Waals surface area contributed by atoms with E-state index in [9.17, 15) is 0 Å². The van der Waals surface area contributed by atoms with E-state index in [1.54, 1.807) is 0 Å². The van der Waals surface area contributed by atoms with Gasteiger partial charge in [0.05, 0.1) is 0 Å². The third-order valence-corrected chi connectivity index (χ3v) is 5.28. The van der Waals surface area contributed by atoms with Gasteiger partial charge in [-0.1, -0.05) is 54.6 Å². The summed E-state index contributed by atoms with van der Waals surface area (Å²) in [7, 11) is 2.18. The van der Waals surface area contributed by atoms with E-state index in [0.29, 0.717) is 0 Å². The molecular weight excluding hydrogens is 290 g/mol. The Morgan fingerprint density at radius 2 is 1.54 bits per heavy atom. The monoisotopic (exact) mass is 313 g/mol. The maximum Gasteiger partial charge on any atom is 0.0414 e. The first-order chi connectivity index (χ1) is 11.6. The van der Waals surface area contributed by atoms with Crippen LogP contribution in [-0.2, 0) is 5.41 Å². The van der Waals surface area contributed by atoms with E-state index >= 15 is 0 Å². The van der Waals surface area contributed by atoms with Crippen LogP contribution in [-0.4, -0.2) is 13.6 Å². The summed E-state index contributed by atoms with van der Waals surface area (Å²) in [5.74, 6) is 0. The molecule has 0 amide bonds. The maximum atomic E-state index is 2.36. The van der Waals surface area contributed by atoms with Crippen LogP contribution in [0.15, 0.2) is 72.8 Å². The van der Waals surface area contributed by atoms with E-state index < -0.39 is 0 Å². The lowest BCUT2D eigenvalue weighted by molar-refractivity contribution is 0.770. The molecule has 0 aliphatic heterocycles. The van der Waals surface area contributed by atoms with Crippen LogP contribution in [0.3, 0.4) is 0 Å². The van der Waals surface area contributed by atoms with Crippen LogP contribution in [0.25, 0.3) is 21.5 Å². The fourth-order valence-electron chi connectivity index (χ4n) is 3.79. The second kappa shape index (κ2) is 5.52. The number of anilines is 1. The van der Waals surface area contributed by atoms with Crippen molar-refractivity contribution in [2.45, 2.75) is 19.3 Å². The van der Waals surface area contributed by atoms with Gasteiger partial charge in [0, 0.05) is 24.7 Å². The van der Waals surface area contributed by atoms with Gasteiger partial charge in [-0.05, 0) is 59.2 Å². The minimum atomic E-state index is -0.0548. The highest BCUT2D eigenvalue weighted by Gasteiger charge is 2.28. The van der Waals surface area contributed by atoms with Crippen LogP contribution in [0.2, 0.25) is 0 Å². The fraction of sp³-hybridized carbons (Fsp3) is 0.217. The first-order valence-corrected chi connectivity index (χ1v) is 8.66. The van der Waals surface area contributed by atoms with Crippen molar-refractivity contribution in [1.29, 1.82) is 0 Å². The molecule has 0 atom stereocenters. The Balaban J connectivity index is 2.11. The van der Waals surface area contributed by atoms with Crippen molar-refractivity contribution in [2.24, 2.45) is 0 Å². The third kappa shape index (κ3) is 2.24. The van der Waals surface area contributed by atoms with Gasteiger partial charge in [0.25, 0.3) is 0 Å². The van der Waals surface area contributed by atoms with Crippen molar-refractivity contribution >= 4 is 27.2 Å². The molecule has 1 aliphatic carbocycles. The summed E-state index contributed by atoms with van der Waals surface area (Å²) in [4.78, 5) is 2.34. The highest BCUT2D eigenvalue weighted by Crippen LogP contribution is 2.42. The molecule has 1 heteroatoms. The van der Waals surface area contributed by atoms with Gasteiger partial charge in [-0.3, -0.25) is 0 Å². The van der Waals surface area contributed by atoms with Gasteiger partial charge in [0.15, 0.2) is 0 Å². The predicted octanol–water partition coefficient (Wildman–Crippen LogP) is 5.83. The molecule has 0 spiro atoms. The summed E-state index contributed by atoms with van der Waals surface area (Å²) in [5, 5.41) is 5.27. The lowest BCUT2D eigenvalue weighted by Gasteiger charge is -2.30. The van der Waals surface area contributed by atoms with Crippen LogP contribution >= 0.6 is 0 Å². The van der Waals surface area contributed by atoms with E-state index in [-0.39, 0.29) is 5.41 Å². The normalized spacial score (nSPS) is 15.5.